The normalized spacial score (nSPS) is 12.3. The minimum absolute atomic E-state index is 0.00960. The average Bonchev–Trinajstić information content (AvgIpc) is 2.83. The summed E-state index contributed by atoms with van der Waals surface area (Å²) in [6.45, 7) is 2.08. The van der Waals surface area contributed by atoms with Gasteiger partial charge in [-0.3, -0.25) is 14.8 Å². The molecule has 0 amide bonds. The molecule has 0 bridgehead atoms. The highest BCUT2D eigenvalue weighted by Gasteiger charge is 2.21. The molecule has 2 rings (SSSR count). The van der Waals surface area contributed by atoms with E-state index in [0.717, 1.165) is 5.56 Å². The van der Waals surface area contributed by atoms with Gasteiger partial charge in [0.25, 0.3) is 0 Å². The van der Waals surface area contributed by atoms with Crippen LogP contribution in [0.1, 0.15) is 24.2 Å². The number of nitro groups is 1. The molecule has 1 unspecified atom stereocenters. The van der Waals surface area contributed by atoms with Gasteiger partial charge in [-0.05, 0) is 12.5 Å². The topological polar surface area (TPSA) is 70.2 Å². The predicted molar refractivity (Wildman–Crippen MR) is 69.8 cm³/mol. The summed E-state index contributed by atoms with van der Waals surface area (Å²) in [5.41, 5.74) is 1.38. The third-order valence-corrected chi connectivity index (χ3v) is 2.94. The lowest BCUT2D eigenvalue weighted by atomic mass is 10.1. The fraction of sp³-hybridized carbons (Fsp3) is 0.308. The highest BCUT2D eigenvalue weighted by Crippen LogP contribution is 2.23. The summed E-state index contributed by atoms with van der Waals surface area (Å²) in [5.74, 6) is 0. The van der Waals surface area contributed by atoms with Crippen LogP contribution in [0.3, 0.4) is 0 Å². The molecule has 0 aliphatic heterocycles. The lowest BCUT2D eigenvalue weighted by Crippen LogP contribution is -2.07. The number of nitrogens with zero attached hydrogens (tertiary/aromatic N) is 3. The van der Waals surface area contributed by atoms with Gasteiger partial charge in [0.2, 0.25) is 0 Å². The van der Waals surface area contributed by atoms with E-state index in [2.05, 4.69) is 5.10 Å². The Balaban J connectivity index is 2.35. The van der Waals surface area contributed by atoms with E-state index in [0.29, 0.717) is 5.69 Å². The molecule has 0 N–H and O–H groups in total. The maximum absolute atomic E-state index is 11.0. The molecule has 0 aliphatic rings. The zero-order chi connectivity index (χ0) is 13.8. The molecule has 0 spiro atoms. The van der Waals surface area contributed by atoms with Crippen molar-refractivity contribution < 1.29 is 9.66 Å². The first-order valence-corrected chi connectivity index (χ1v) is 5.89. The summed E-state index contributed by atoms with van der Waals surface area (Å²) in [4.78, 5) is 10.5. The molecule has 1 aromatic carbocycles. The molecule has 0 aliphatic carbocycles. The van der Waals surface area contributed by atoms with Crippen molar-refractivity contribution in [3.63, 3.8) is 0 Å². The Kier molecular flexibility index (Phi) is 3.91. The monoisotopic (exact) mass is 261 g/mol. The highest BCUT2D eigenvalue weighted by molar-refractivity contribution is 5.33. The Morgan fingerprint density at radius 3 is 2.68 bits per heavy atom. The van der Waals surface area contributed by atoms with Crippen LogP contribution in [0.4, 0.5) is 5.69 Å². The first-order valence-electron chi connectivity index (χ1n) is 5.89. The van der Waals surface area contributed by atoms with Gasteiger partial charge < -0.3 is 4.74 Å². The van der Waals surface area contributed by atoms with Crippen LogP contribution in [0.15, 0.2) is 36.5 Å². The van der Waals surface area contributed by atoms with Gasteiger partial charge in [0.05, 0.1) is 17.6 Å². The Labute approximate surface area is 110 Å². The molecule has 1 aromatic heterocycles. The molecule has 0 saturated carbocycles. The Morgan fingerprint density at radius 2 is 2.11 bits per heavy atom. The molecular weight excluding hydrogens is 246 g/mol. The minimum atomic E-state index is -0.435. The summed E-state index contributed by atoms with van der Waals surface area (Å²) >= 11 is 0. The van der Waals surface area contributed by atoms with E-state index in [9.17, 15) is 10.1 Å². The number of aromatic nitrogens is 2. The van der Waals surface area contributed by atoms with Crippen molar-refractivity contribution in [3.8, 4) is 0 Å². The van der Waals surface area contributed by atoms with Gasteiger partial charge >= 0.3 is 5.69 Å². The molecule has 19 heavy (non-hydrogen) atoms. The SMILES string of the molecule is COCc1nn(C(C)c2ccccc2)cc1[N+](=O)[O-]. The predicted octanol–water partition coefficient (Wildman–Crippen LogP) is 2.55. The van der Waals surface area contributed by atoms with Gasteiger partial charge in [-0.2, -0.15) is 5.10 Å². The lowest BCUT2D eigenvalue weighted by Gasteiger charge is -2.11. The number of hydrogen-bond acceptors (Lipinski definition) is 4. The van der Waals surface area contributed by atoms with Gasteiger partial charge in [0.15, 0.2) is 5.69 Å². The van der Waals surface area contributed by atoms with Gasteiger partial charge in [0.1, 0.15) is 6.20 Å². The summed E-state index contributed by atoms with van der Waals surface area (Å²) in [6.07, 6.45) is 1.45. The maximum Gasteiger partial charge on any atom is 0.312 e. The van der Waals surface area contributed by atoms with Crippen LogP contribution in [0.2, 0.25) is 0 Å². The third kappa shape index (κ3) is 2.79. The largest absolute Gasteiger partial charge is 0.378 e. The van der Waals surface area contributed by atoms with E-state index in [-0.39, 0.29) is 18.3 Å². The summed E-state index contributed by atoms with van der Waals surface area (Å²) < 4.78 is 6.54. The number of hydrogen-bond donors (Lipinski definition) is 0. The molecule has 0 radical (unpaired) electrons. The second-order valence-corrected chi connectivity index (χ2v) is 4.22. The number of ether oxygens (including phenoxy) is 1. The Hall–Kier alpha value is -2.21. The van der Waals surface area contributed by atoms with Crippen molar-refractivity contribution in [2.45, 2.75) is 19.6 Å². The Bertz CT molecular complexity index is 566. The van der Waals surface area contributed by atoms with Crippen LogP contribution in [0, 0.1) is 10.1 Å². The van der Waals surface area contributed by atoms with Crippen molar-refractivity contribution >= 4 is 5.69 Å². The van der Waals surface area contributed by atoms with E-state index >= 15 is 0 Å². The number of rotatable bonds is 5. The zero-order valence-corrected chi connectivity index (χ0v) is 10.8. The van der Waals surface area contributed by atoms with E-state index in [4.69, 9.17) is 4.74 Å². The van der Waals surface area contributed by atoms with Crippen LogP contribution in [-0.2, 0) is 11.3 Å². The zero-order valence-electron chi connectivity index (χ0n) is 10.8. The molecule has 2 aromatic rings. The lowest BCUT2D eigenvalue weighted by molar-refractivity contribution is -0.386. The van der Waals surface area contributed by atoms with E-state index in [1.807, 2.05) is 37.3 Å². The highest BCUT2D eigenvalue weighted by atomic mass is 16.6. The van der Waals surface area contributed by atoms with Gasteiger partial charge in [0, 0.05) is 7.11 Å². The molecule has 1 atom stereocenters. The quantitative estimate of drug-likeness (QED) is 0.612. The maximum atomic E-state index is 11.0. The number of methoxy groups -OCH3 is 1. The van der Waals surface area contributed by atoms with E-state index in [1.54, 1.807) is 4.68 Å². The van der Waals surface area contributed by atoms with Crippen LogP contribution < -0.4 is 0 Å². The molecule has 1 heterocycles. The van der Waals surface area contributed by atoms with Crippen molar-refractivity contribution in [1.82, 2.24) is 9.78 Å². The molecular formula is C13H15N3O3. The first-order chi connectivity index (χ1) is 9.13. The minimum Gasteiger partial charge on any atom is -0.378 e. The second kappa shape index (κ2) is 5.62. The fourth-order valence-corrected chi connectivity index (χ4v) is 1.89. The summed E-state index contributed by atoms with van der Waals surface area (Å²) in [6, 6.07) is 9.66. The van der Waals surface area contributed by atoms with Gasteiger partial charge in [-0.1, -0.05) is 30.3 Å². The second-order valence-electron chi connectivity index (χ2n) is 4.22. The summed E-state index contributed by atoms with van der Waals surface area (Å²) in [7, 11) is 1.49. The van der Waals surface area contributed by atoms with Gasteiger partial charge in [-0.15, -0.1) is 0 Å². The molecule has 6 nitrogen and oxygen atoms in total. The van der Waals surface area contributed by atoms with Crippen LogP contribution in [0.5, 0.6) is 0 Å². The van der Waals surface area contributed by atoms with E-state index in [1.165, 1.54) is 13.3 Å². The third-order valence-electron chi connectivity index (χ3n) is 2.94. The van der Waals surface area contributed by atoms with Crippen LogP contribution >= 0.6 is 0 Å². The average molecular weight is 261 g/mol. The van der Waals surface area contributed by atoms with Crippen molar-refractivity contribution in [2.75, 3.05) is 7.11 Å². The van der Waals surface area contributed by atoms with E-state index < -0.39 is 4.92 Å². The van der Waals surface area contributed by atoms with Crippen LogP contribution in [-0.4, -0.2) is 21.8 Å². The van der Waals surface area contributed by atoms with Gasteiger partial charge in [-0.25, -0.2) is 0 Å². The summed E-state index contributed by atoms with van der Waals surface area (Å²) in [5, 5.41) is 15.2. The van der Waals surface area contributed by atoms with Crippen molar-refractivity contribution in [3.05, 3.63) is 57.9 Å². The Morgan fingerprint density at radius 1 is 1.42 bits per heavy atom. The first kappa shape index (κ1) is 13.2. The molecule has 0 saturated heterocycles. The smallest absolute Gasteiger partial charge is 0.312 e. The molecule has 100 valence electrons. The molecule has 6 heteroatoms. The number of benzene rings is 1. The van der Waals surface area contributed by atoms with Crippen molar-refractivity contribution in [2.24, 2.45) is 0 Å². The molecule has 0 fully saturated rings. The fourth-order valence-electron chi connectivity index (χ4n) is 1.89. The van der Waals surface area contributed by atoms with Crippen molar-refractivity contribution in [1.29, 1.82) is 0 Å². The standard InChI is InChI=1S/C13H15N3O3/c1-10(11-6-4-3-5-7-11)15-8-13(16(17)18)12(14-15)9-19-2/h3-8,10H,9H2,1-2H3. The van der Waals surface area contributed by atoms with Crippen LogP contribution in [0.25, 0.3) is 0 Å².